The molecule has 0 saturated heterocycles. The lowest BCUT2D eigenvalue weighted by atomic mass is 10.2. The number of quaternary nitrogens is 1. The molecule has 2 aromatic carbocycles. The maximum atomic E-state index is 12.3. The molecule has 2 rings (SSSR count). The van der Waals surface area contributed by atoms with Gasteiger partial charge in [0.2, 0.25) is 0 Å². The van der Waals surface area contributed by atoms with Gasteiger partial charge >= 0.3 is 0 Å². The topological polar surface area (TPSA) is 81.1 Å². The van der Waals surface area contributed by atoms with Gasteiger partial charge in [0.05, 0.1) is 20.8 Å². The molecule has 0 heterocycles. The lowest BCUT2D eigenvalue weighted by molar-refractivity contribution is -0.885. The molecule has 7 heteroatoms. The summed E-state index contributed by atoms with van der Waals surface area (Å²) in [5.74, 6) is 1.15. The van der Waals surface area contributed by atoms with E-state index in [1.54, 1.807) is 38.4 Å². The molecule has 2 aromatic rings. The number of rotatable bonds is 9. The second-order valence-electron chi connectivity index (χ2n) is 6.43. The summed E-state index contributed by atoms with van der Waals surface area (Å²) in [7, 11) is 5.15. The number of carbonyl (C=O) groups is 2. The Morgan fingerprint density at radius 2 is 1.79 bits per heavy atom. The lowest BCUT2D eigenvalue weighted by Gasteiger charge is -2.16. The molecular formula is C21H28N3O4+. The van der Waals surface area contributed by atoms with Gasteiger partial charge < -0.3 is 25.0 Å². The van der Waals surface area contributed by atoms with Crippen LogP contribution in [0.1, 0.15) is 22.8 Å². The van der Waals surface area contributed by atoms with Crippen molar-refractivity contribution >= 4 is 17.5 Å². The maximum absolute atomic E-state index is 12.3. The molecule has 1 unspecified atom stereocenters. The van der Waals surface area contributed by atoms with E-state index in [9.17, 15) is 9.59 Å². The van der Waals surface area contributed by atoms with Gasteiger partial charge in [-0.3, -0.25) is 9.59 Å². The first-order valence-electron chi connectivity index (χ1n) is 9.19. The summed E-state index contributed by atoms with van der Waals surface area (Å²) < 4.78 is 10.9. The molecule has 0 aliphatic rings. The molecule has 1 atom stereocenters. The zero-order chi connectivity index (χ0) is 20.5. The Balaban J connectivity index is 1.91. The van der Waals surface area contributed by atoms with E-state index in [1.165, 1.54) is 0 Å². The number of methoxy groups -OCH3 is 1. The first-order valence-corrected chi connectivity index (χ1v) is 9.19. The molecule has 0 aliphatic heterocycles. The van der Waals surface area contributed by atoms with Crippen LogP contribution in [0.4, 0.5) is 5.69 Å². The molecule has 0 saturated carbocycles. The van der Waals surface area contributed by atoms with Gasteiger partial charge in [-0.1, -0.05) is 0 Å². The van der Waals surface area contributed by atoms with E-state index in [4.69, 9.17) is 9.47 Å². The third kappa shape index (κ3) is 5.99. The summed E-state index contributed by atoms with van der Waals surface area (Å²) >= 11 is 0. The molecule has 0 radical (unpaired) electrons. The molecule has 3 N–H and O–H groups in total. The summed E-state index contributed by atoms with van der Waals surface area (Å²) in [6.45, 7) is 3.49. The number of ether oxygens (including phenoxy) is 2. The van der Waals surface area contributed by atoms with Crippen molar-refractivity contribution in [1.82, 2.24) is 5.32 Å². The standard InChI is InChI=1S/C21H27N3O4/c1-5-28-18-11-6-15(12-19(18)27-4)13-24(3)14-20(25)23-17-9-7-16(8-10-17)21(26)22-2/h6-12H,5,13-14H2,1-4H3,(H,22,26)(H,23,25)/p+1. The van der Waals surface area contributed by atoms with Gasteiger partial charge in [-0.2, -0.15) is 0 Å². The molecule has 2 amide bonds. The van der Waals surface area contributed by atoms with Gasteiger partial charge in [0, 0.05) is 23.9 Å². The average molecular weight is 386 g/mol. The molecular weight excluding hydrogens is 358 g/mol. The van der Waals surface area contributed by atoms with Gasteiger partial charge in [0.25, 0.3) is 11.8 Å². The molecule has 0 bridgehead atoms. The van der Waals surface area contributed by atoms with E-state index in [-0.39, 0.29) is 11.8 Å². The second kappa shape index (κ2) is 10.3. The predicted octanol–water partition coefficient (Wildman–Crippen LogP) is 1.11. The maximum Gasteiger partial charge on any atom is 0.279 e. The van der Waals surface area contributed by atoms with E-state index in [1.807, 2.05) is 32.2 Å². The summed E-state index contributed by atoms with van der Waals surface area (Å²) in [6.07, 6.45) is 0. The van der Waals surface area contributed by atoms with Crippen LogP contribution in [0.3, 0.4) is 0 Å². The normalized spacial score (nSPS) is 11.4. The van der Waals surface area contributed by atoms with Crippen LogP contribution in [0.2, 0.25) is 0 Å². The summed E-state index contributed by atoms with van der Waals surface area (Å²) in [4.78, 5) is 24.9. The van der Waals surface area contributed by atoms with E-state index in [0.717, 1.165) is 10.5 Å². The Kier molecular flexibility index (Phi) is 7.83. The SMILES string of the molecule is CCOc1ccc(C[NH+](C)CC(=O)Nc2ccc(C(=O)NC)cc2)cc1OC. The van der Waals surface area contributed by atoms with Gasteiger partial charge in [-0.25, -0.2) is 0 Å². The number of nitrogens with one attached hydrogen (secondary N) is 3. The Morgan fingerprint density at radius 1 is 1.07 bits per heavy atom. The van der Waals surface area contributed by atoms with Crippen molar-refractivity contribution < 1.29 is 24.0 Å². The number of likely N-dealkylation sites (N-methyl/N-ethyl adjacent to an activating group) is 1. The molecule has 0 aromatic heterocycles. The number of hydrogen-bond donors (Lipinski definition) is 3. The largest absolute Gasteiger partial charge is 0.493 e. The number of benzene rings is 2. The van der Waals surface area contributed by atoms with Crippen molar-refractivity contribution in [3.05, 3.63) is 53.6 Å². The zero-order valence-corrected chi connectivity index (χ0v) is 16.8. The average Bonchev–Trinajstić information content (AvgIpc) is 2.69. The second-order valence-corrected chi connectivity index (χ2v) is 6.43. The van der Waals surface area contributed by atoms with Crippen molar-refractivity contribution in [2.45, 2.75) is 13.5 Å². The highest BCUT2D eigenvalue weighted by atomic mass is 16.5. The summed E-state index contributed by atoms with van der Waals surface area (Å²) in [6, 6.07) is 12.6. The van der Waals surface area contributed by atoms with E-state index >= 15 is 0 Å². The van der Waals surface area contributed by atoms with Crippen molar-refractivity contribution in [3.63, 3.8) is 0 Å². The minimum atomic E-state index is -0.159. The first kappa shape index (κ1) is 21.2. The fourth-order valence-corrected chi connectivity index (χ4v) is 2.84. The Morgan fingerprint density at radius 3 is 2.39 bits per heavy atom. The zero-order valence-electron chi connectivity index (χ0n) is 16.8. The van der Waals surface area contributed by atoms with Crippen LogP contribution in [-0.2, 0) is 11.3 Å². The molecule has 7 nitrogen and oxygen atoms in total. The highest BCUT2D eigenvalue weighted by Gasteiger charge is 2.13. The van der Waals surface area contributed by atoms with Gasteiger partial charge in [0.1, 0.15) is 6.54 Å². The molecule has 0 fully saturated rings. The highest BCUT2D eigenvalue weighted by Crippen LogP contribution is 2.27. The van der Waals surface area contributed by atoms with Crippen LogP contribution in [0.25, 0.3) is 0 Å². The minimum Gasteiger partial charge on any atom is -0.493 e. The smallest absolute Gasteiger partial charge is 0.279 e. The number of amides is 2. The van der Waals surface area contributed by atoms with Gasteiger partial charge in [0.15, 0.2) is 18.0 Å². The minimum absolute atomic E-state index is 0.0944. The highest BCUT2D eigenvalue weighted by molar-refractivity contribution is 5.95. The van der Waals surface area contributed by atoms with Crippen LogP contribution in [0.5, 0.6) is 11.5 Å². The van der Waals surface area contributed by atoms with Crippen LogP contribution in [-0.4, -0.2) is 46.2 Å². The predicted molar refractivity (Wildman–Crippen MR) is 108 cm³/mol. The van der Waals surface area contributed by atoms with Crippen molar-refractivity contribution in [2.75, 3.05) is 39.7 Å². The Labute approximate surface area is 165 Å². The Bertz CT molecular complexity index is 806. The molecule has 0 aliphatic carbocycles. The third-order valence-electron chi connectivity index (χ3n) is 4.15. The lowest BCUT2D eigenvalue weighted by Crippen LogP contribution is -3.08. The van der Waals surface area contributed by atoms with Crippen molar-refractivity contribution in [2.24, 2.45) is 0 Å². The molecule has 0 spiro atoms. The monoisotopic (exact) mass is 386 g/mol. The van der Waals surface area contributed by atoms with Gasteiger partial charge in [-0.15, -0.1) is 0 Å². The van der Waals surface area contributed by atoms with Crippen molar-refractivity contribution in [1.29, 1.82) is 0 Å². The number of hydrogen-bond acceptors (Lipinski definition) is 4. The third-order valence-corrected chi connectivity index (χ3v) is 4.15. The van der Waals surface area contributed by atoms with E-state index in [0.29, 0.717) is 42.4 Å². The van der Waals surface area contributed by atoms with Crippen molar-refractivity contribution in [3.8, 4) is 11.5 Å². The first-order chi connectivity index (χ1) is 13.5. The fourth-order valence-electron chi connectivity index (χ4n) is 2.84. The molecule has 150 valence electrons. The number of carbonyl (C=O) groups excluding carboxylic acids is 2. The van der Waals surface area contributed by atoms with E-state index in [2.05, 4.69) is 10.6 Å². The fraction of sp³-hybridized carbons (Fsp3) is 0.333. The summed E-state index contributed by atoms with van der Waals surface area (Å²) in [5.41, 5.74) is 2.27. The summed E-state index contributed by atoms with van der Waals surface area (Å²) in [5, 5.41) is 5.42. The quantitative estimate of drug-likeness (QED) is 0.603. The van der Waals surface area contributed by atoms with Crippen LogP contribution in [0, 0.1) is 0 Å². The van der Waals surface area contributed by atoms with Crippen LogP contribution >= 0.6 is 0 Å². The van der Waals surface area contributed by atoms with Gasteiger partial charge in [-0.05, 0) is 49.4 Å². The van der Waals surface area contributed by atoms with E-state index < -0.39 is 0 Å². The Hall–Kier alpha value is -3.06. The molecule has 28 heavy (non-hydrogen) atoms. The van der Waals surface area contributed by atoms with Crippen LogP contribution < -0.4 is 25.0 Å². The number of anilines is 1. The van der Waals surface area contributed by atoms with Crippen LogP contribution in [0.15, 0.2) is 42.5 Å².